The zero-order valence-corrected chi connectivity index (χ0v) is 14.0. The van der Waals surface area contributed by atoms with Crippen LogP contribution < -0.4 is 0 Å². The second-order valence-corrected chi connectivity index (χ2v) is 5.57. The second kappa shape index (κ2) is 5.92. The van der Waals surface area contributed by atoms with Crippen molar-refractivity contribution in [2.24, 2.45) is 10.8 Å². The summed E-state index contributed by atoms with van der Waals surface area (Å²) in [5.41, 5.74) is -2.93. The third-order valence-electron chi connectivity index (χ3n) is 5.52. The zero-order chi connectivity index (χ0) is 17.9. The maximum Gasteiger partial charge on any atom is 0.0907 e. The summed E-state index contributed by atoms with van der Waals surface area (Å²) < 4.78 is 0. The maximum atomic E-state index is 4.08. The topological polar surface area (TPSA) is 3.24 Å². The molecular formula is C22H27N. The average Bonchev–Trinajstić information content (AvgIpc) is 2.80. The molecule has 0 aromatic carbocycles. The molecule has 0 aromatic heterocycles. The van der Waals surface area contributed by atoms with E-state index in [2.05, 4.69) is 59.2 Å². The molecule has 0 bridgehead atoms. The minimum absolute atomic E-state index is 0.719. The number of nitrogens with zero attached hydrogens (tertiary/aromatic N) is 1. The van der Waals surface area contributed by atoms with Crippen LogP contribution in [0, 0.1) is 10.8 Å². The standard InChI is InChI=1S/C22H27N/c1-10-19(11-2)20(12-3,13-4)22(16-7,17-8)23(18-9)21(19,14-5)15-6/h10-18H,1-9H2. The Bertz CT molecular complexity index is 519. The third kappa shape index (κ3) is 1.52. The van der Waals surface area contributed by atoms with Crippen LogP contribution in [0.1, 0.15) is 0 Å². The molecule has 1 rings (SSSR count). The molecule has 120 valence electrons. The van der Waals surface area contributed by atoms with Crippen LogP contribution in [0.3, 0.4) is 0 Å². The normalized spacial score (nSPS) is 22.2. The molecule has 0 saturated carbocycles. The number of hydrogen-bond acceptors (Lipinski definition) is 1. The molecule has 1 aliphatic rings. The lowest BCUT2D eigenvalue weighted by Crippen LogP contribution is -2.50. The highest BCUT2D eigenvalue weighted by Gasteiger charge is 2.73. The largest absolute Gasteiger partial charge is 0.351 e. The van der Waals surface area contributed by atoms with Gasteiger partial charge < -0.3 is 4.90 Å². The molecule has 1 heteroatoms. The molecule has 0 aliphatic carbocycles. The van der Waals surface area contributed by atoms with Crippen LogP contribution in [0.2, 0.25) is 0 Å². The summed E-state index contributed by atoms with van der Waals surface area (Å²) in [7, 11) is 0. The fourth-order valence-electron chi connectivity index (χ4n) is 4.40. The summed E-state index contributed by atoms with van der Waals surface area (Å²) in [6.07, 6.45) is 16.4. The first kappa shape index (κ1) is 18.5. The molecule has 0 N–H and O–H groups in total. The molecule has 1 nitrogen and oxygen atoms in total. The van der Waals surface area contributed by atoms with Gasteiger partial charge >= 0.3 is 0 Å². The van der Waals surface area contributed by atoms with Crippen LogP contribution in [0.4, 0.5) is 0 Å². The van der Waals surface area contributed by atoms with Crippen LogP contribution >= 0.6 is 0 Å². The Labute approximate surface area is 141 Å². The van der Waals surface area contributed by atoms with Gasteiger partial charge in [-0.3, -0.25) is 0 Å². The molecule has 0 atom stereocenters. The van der Waals surface area contributed by atoms with Crippen molar-refractivity contribution in [3.63, 3.8) is 0 Å². The first-order chi connectivity index (χ1) is 10.9. The van der Waals surface area contributed by atoms with Crippen molar-refractivity contribution in [3.8, 4) is 0 Å². The van der Waals surface area contributed by atoms with Gasteiger partial charge in [-0.2, -0.15) is 0 Å². The minimum Gasteiger partial charge on any atom is -0.351 e. The molecule has 0 aromatic rings. The fourth-order valence-corrected chi connectivity index (χ4v) is 4.40. The quantitative estimate of drug-likeness (QED) is 0.517. The predicted molar refractivity (Wildman–Crippen MR) is 104 cm³/mol. The van der Waals surface area contributed by atoms with Crippen LogP contribution in [0.25, 0.3) is 0 Å². The Balaban J connectivity index is 4.32. The lowest BCUT2D eigenvalue weighted by atomic mass is 9.52. The molecule has 1 aliphatic heterocycles. The average molecular weight is 305 g/mol. The van der Waals surface area contributed by atoms with Crippen molar-refractivity contribution in [1.82, 2.24) is 4.90 Å². The van der Waals surface area contributed by atoms with Gasteiger partial charge in [0.1, 0.15) is 0 Å². The summed E-state index contributed by atoms with van der Waals surface area (Å²) >= 11 is 0. The van der Waals surface area contributed by atoms with E-state index in [4.69, 9.17) is 0 Å². The van der Waals surface area contributed by atoms with Crippen molar-refractivity contribution >= 4 is 0 Å². The Hall–Kier alpha value is -2.54. The van der Waals surface area contributed by atoms with E-state index < -0.39 is 21.9 Å². The lowest BCUT2D eigenvalue weighted by Gasteiger charge is -2.47. The minimum atomic E-state index is -0.747. The van der Waals surface area contributed by atoms with E-state index in [1.807, 2.05) is 53.5 Å². The lowest BCUT2D eigenvalue weighted by molar-refractivity contribution is 0.202. The highest BCUT2D eigenvalue weighted by Crippen LogP contribution is 2.68. The van der Waals surface area contributed by atoms with Crippen LogP contribution in [0.5, 0.6) is 0 Å². The summed E-state index contributed by atoms with van der Waals surface area (Å²) in [6.45, 7) is 36.5. The van der Waals surface area contributed by atoms with Gasteiger partial charge in [0.15, 0.2) is 0 Å². The van der Waals surface area contributed by atoms with Gasteiger partial charge in [-0.15, -0.1) is 52.6 Å². The van der Waals surface area contributed by atoms with E-state index >= 15 is 0 Å². The molecule has 0 unspecified atom stereocenters. The van der Waals surface area contributed by atoms with Gasteiger partial charge in [0.25, 0.3) is 0 Å². The van der Waals surface area contributed by atoms with Gasteiger partial charge in [0.05, 0.1) is 21.9 Å². The maximum absolute atomic E-state index is 4.08. The zero-order valence-electron chi connectivity index (χ0n) is 14.0. The molecule has 23 heavy (non-hydrogen) atoms. The first-order valence-corrected chi connectivity index (χ1v) is 7.44. The highest BCUT2D eigenvalue weighted by molar-refractivity contribution is 5.54. The van der Waals surface area contributed by atoms with Crippen LogP contribution in [0.15, 0.2) is 114 Å². The highest BCUT2D eigenvalue weighted by atomic mass is 15.3. The molecule has 1 fully saturated rings. The van der Waals surface area contributed by atoms with Gasteiger partial charge in [0.2, 0.25) is 0 Å². The van der Waals surface area contributed by atoms with E-state index in [1.165, 1.54) is 0 Å². The summed E-state index contributed by atoms with van der Waals surface area (Å²) in [4.78, 5) is 2.02. The van der Waals surface area contributed by atoms with Crippen molar-refractivity contribution in [1.29, 1.82) is 0 Å². The molecule has 1 heterocycles. The Morgan fingerprint density at radius 3 is 0.826 bits per heavy atom. The Kier molecular flexibility index (Phi) is 4.77. The van der Waals surface area contributed by atoms with Crippen molar-refractivity contribution in [2.75, 3.05) is 0 Å². The van der Waals surface area contributed by atoms with Crippen molar-refractivity contribution in [3.05, 3.63) is 114 Å². The van der Waals surface area contributed by atoms with Gasteiger partial charge in [0, 0.05) is 0 Å². The predicted octanol–water partition coefficient (Wildman–Crippen LogP) is 5.38. The smallest absolute Gasteiger partial charge is 0.0907 e. The van der Waals surface area contributed by atoms with E-state index in [1.54, 1.807) is 6.20 Å². The van der Waals surface area contributed by atoms with Crippen LogP contribution in [-0.4, -0.2) is 16.0 Å². The van der Waals surface area contributed by atoms with Gasteiger partial charge in [-0.1, -0.05) is 55.2 Å². The summed E-state index contributed by atoms with van der Waals surface area (Å²) in [6, 6.07) is 0. The third-order valence-corrected chi connectivity index (χ3v) is 5.52. The van der Waals surface area contributed by atoms with E-state index in [0.717, 1.165) is 0 Å². The number of hydrogen-bond donors (Lipinski definition) is 0. The summed E-state index contributed by atoms with van der Waals surface area (Å²) in [5, 5.41) is 0. The van der Waals surface area contributed by atoms with Crippen molar-refractivity contribution in [2.45, 2.75) is 11.1 Å². The number of rotatable bonds is 9. The molecule has 0 spiro atoms. The van der Waals surface area contributed by atoms with Gasteiger partial charge in [-0.05, 0) is 6.20 Å². The molecule has 1 saturated heterocycles. The molecular weight excluding hydrogens is 278 g/mol. The fraction of sp³-hybridized carbons (Fsp3) is 0.182. The van der Waals surface area contributed by atoms with Gasteiger partial charge in [-0.25, -0.2) is 0 Å². The summed E-state index contributed by atoms with van der Waals surface area (Å²) in [5.74, 6) is 0. The van der Waals surface area contributed by atoms with E-state index in [0.29, 0.717) is 0 Å². The number of likely N-dealkylation sites (tertiary alicyclic amines) is 1. The monoisotopic (exact) mass is 305 g/mol. The molecule has 0 radical (unpaired) electrons. The van der Waals surface area contributed by atoms with E-state index in [-0.39, 0.29) is 0 Å². The second-order valence-electron chi connectivity index (χ2n) is 5.57. The SMILES string of the molecule is C=CN1C(C=C)(C=C)C(C=C)(C=C)C(C=C)(C=C)C1(C=C)C=C. The van der Waals surface area contributed by atoms with E-state index in [9.17, 15) is 0 Å². The Morgan fingerprint density at radius 2 is 0.696 bits per heavy atom. The Morgan fingerprint density at radius 1 is 0.435 bits per heavy atom. The van der Waals surface area contributed by atoms with Crippen LogP contribution in [-0.2, 0) is 0 Å². The van der Waals surface area contributed by atoms with Crippen molar-refractivity contribution < 1.29 is 0 Å². The molecule has 0 amide bonds. The first-order valence-electron chi connectivity index (χ1n) is 7.44.